The van der Waals surface area contributed by atoms with Crippen LogP contribution in [0.4, 0.5) is 0 Å². The Kier molecular flexibility index (Phi) is 5.21. The Bertz CT molecular complexity index is 244. The molecule has 0 radical (unpaired) electrons. The summed E-state index contributed by atoms with van der Waals surface area (Å²) in [5, 5.41) is 0. The smallest absolute Gasteiger partial charge is 0.374 e. The Morgan fingerprint density at radius 3 is 2.06 bits per heavy atom. The van der Waals surface area contributed by atoms with Crippen LogP contribution in [0.3, 0.4) is 0 Å². The van der Waals surface area contributed by atoms with E-state index in [4.69, 9.17) is 18.0 Å². The van der Waals surface area contributed by atoms with E-state index in [9.17, 15) is 0 Å². The largest absolute Gasteiger partial charge is 0.501 e. The lowest BCUT2D eigenvalue weighted by molar-refractivity contribution is 0.0655. The van der Waals surface area contributed by atoms with Gasteiger partial charge in [-0.15, -0.1) is 0 Å². The molecule has 0 aromatic carbocycles. The molecule has 0 aromatic rings. The van der Waals surface area contributed by atoms with Gasteiger partial charge in [-0.3, -0.25) is 0 Å². The van der Waals surface area contributed by atoms with Crippen LogP contribution in [-0.2, 0) is 18.0 Å². The molecule has 0 amide bonds. The van der Waals surface area contributed by atoms with Gasteiger partial charge in [0.15, 0.2) is 0 Å². The molecule has 4 nitrogen and oxygen atoms in total. The number of hydrogen-bond acceptors (Lipinski definition) is 4. The molecular weight excluding hydrogens is 248 g/mol. The van der Waals surface area contributed by atoms with Crippen molar-refractivity contribution in [2.45, 2.75) is 58.3 Å². The topological polar surface area (TPSA) is 40.2 Å². The van der Waals surface area contributed by atoms with E-state index in [1.54, 1.807) is 0 Å². The zero-order valence-electron chi connectivity index (χ0n) is 11.8. The second-order valence-electron chi connectivity index (χ2n) is 5.08. The van der Waals surface area contributed by atoms with Gasteiger partial charge < -0.3 is 18.0 Å². The normalized spacial score (nSPS) is 31.2. The first-order chi connectivity index (χ1) is 8.73. The quantitative estimate of drug-likeness (QED) is 0.504. The fourth-order valence-corrected chi connectivity index (χ4v) is 5.99. The van der Waals surface area contributed by atoms with Crippen LogP contribution in [0.1, 0.15) is 40.0 Å². The van der Waals surface area contributed by atoms with Crippen LogP contribution in [0, 0.1) is 5.92 Å². The highest BCUT2D eigenvalue weighted by molar-refractivity contribution is 6.60. The number of epoxide rings is 1. The van der Waals surface area contributed by atoms with Gasteiger partial charge in [0, 0.05) is 25.9 Å². The van der Waals surface area contributed by atoms with Crippen molar-refractivity contribution in [2.24, 2.45) is 5.92 Å². The van der Waals surface area contributed by atoms with Crippen LogP contribution >= 0.6 is 0 Å². The van der Waals surface area contributed by atoms with E-state index < -0.39 is 8.80 Å². The van der Waals surface area contributed by atoms with E-state index in [0.29, 0.717) is 37.9 Å². The standard InChI is InChI=1S/C13H26O4Si/c1-4-14-18(15-5-2,16-6-3)10-11-7-8-12-13(9-11)17-12/h11-13H,4-10H2,1-3H3. The molecule has 3 atom stereocenters. The zero-order valence-corrected chi connectivity index (χ0v) is 12.8. The van der Waals surface area contributed by atoms with Crippen molar-refractivity contribution in [3.05, 3.63) is 0 Å². The summed E-state index contributed by atoms with van der Waals surface area (Å²) in [5.41, 5.74) is 0. The van der Waals surface area contributed by atoms with Gasteiger partial charge in [0.2, 0.25) is 0 Å². The minimum Gasteiger partial charge on any atom is -0.374 e. The summed E-state index contributed by atoms with van der Waals surface area (Å²) < 4.78 is 23.3. The summed E-state index contributed by atoms with van der Waals surface area (Å²) in [7, 11) is -2.45. The minimum absolute atomic E-state index is 0.514. The summed E-state index contributed by atoms with van der Waals surface area (Å²) in [4.78, 5) is 0. The summed E-state index contributed by atoms with van der Waals surface area (Å²) >= 11 is 0. The molecule has 0 aromatic heterocycles. The highest BCUT2D eigenvalue weighted by Crippen LogP contribution is 2.42. The predicted octanol–water partition coefficient (Wildman–Crippen LogP) is 2.60. The van der Waals surface area contributed by atoms with E-state index in [1.165, 1.54) is 12.8 Å². The zero-order chi connectivity index (χ0) is 13.0. The van der Waals surface area contributed by atoms with Crippen molar-refractivity contribution < 1.29 is 18.0 Å². The van der Waals surface area contributed by atoms with Crippen molar-refractivity contribution in [1.82, 2.24) is 0 Å². The van der Waals surface area contributed by atoms with Crippen molar-refractivity contribution >= 4 is 8.80 Å². The first kappa shape index (κ1) is 14.5. The maximum absolute atomic E-state index is 5.92. The number of ether oxygens (including phenoxy) is 1. The molecule has 0 spiro atoms. The maximum atomic E-state index is 5.92. The lowest BCUT2D eigenvalue weighted by atomic mass is 9.91. The molecular formula is C13H26O4Si. The molecule has 2 aliphatic rings. The van der Waals surface area contributed by atoms with Crippen molar-refractivity contribution in [3.63, 3.8) is 0 Å². The molecule has 106 valence electrons. The van der Waals surface area contributed by atoms with E-state index in [1.807, 2.05) is 20.8 Å². The van der Waals surface area contributed by atoms with Crippen LogP contribution in [0.5, 0.6) is 0 Å². The lowest BCUT2D eigenvalue weighted by Crippen LogP contribution is -2.47. The van der Waals surface area contributed by atoms with Gasteiger partial charge in [-0.25, -0.2) is 0 Å². The first-order valence-electron chi connectivity index (χ1n) is 7.30. The molecule has 1 heterocycles. The Hall–Kier alpha value is 0.0569. The minimum atomic E-state index is -2.45. The Labute approximate surface area is 111 Å². The Morgan fingerprint density at radius 1 is 0.944 bits per heavy atom. The van der Waals surface area contributed by atoms with Crippen LogP contribution < -0.4 is 0 Å². The van der Waals surface area contributed by atoms with Gasteiger partial charge in [0.25, 0.3) is 0 Å². The fraction of sp³-hybridized carbons (Fsp3) is 1.00. The third-order valence-electron chi connectivity index (χ3n) is 3.74. The number of fused-ring (bicyclic) bond motifs is 1. The molecule has 2 fully saturated rings. The van der Waals surface area contributed by atoms with E-state index >= 15 is 0 Å². The second kappa shape index (κ2) is 6.48. The summed E-state index contributed by atoms with van der Waals surface area (Å²) in [6.07, 6.45) is 4.66. The van der Waals surface area contributed by atoms with Crippen molar-refractivity contribution in [2.75, 3.05) is 19.8 Å². The van der Waals surface area contributed by atoms with Crippen LogP contribution in [0.25, 0.3) is 0 Å². The van der Waals surface area contributed by atoms with E-state index in [2.05, 4.69) is 0 Å². The van der Waals surface area contributed by atoms with Gasteiger partial charge in [-0.2, -0.15) is 0 Å². The van der Waals surface area contributed by atoms with Crippen molar-refractivity contribution in [3.8, 4) is 0 Å². The van der Waals surface area contributed by atoms with Crippen LogP contribution in [0.2, 0.25) is 6.04 Å². The molecule has 2 rings (SSSR count). The molecule has 1 saturated heterocycles. The highest BCUT2D eigenvalue weighted by Gasteiger charge is 2.49. The molecule has 18 heavy (non-hydrogen) atoms. The van der Waals surface area contributed by atoms with Gasteiger partial charge in [-0.1, -0.05) is 0 Å². The molecule has 0 N–H and O–H groups in total. The molecule has 1 saturated carbocycles. The number of hydrogen-bond donors (Lipinski definition) is 0. The maximum Gasteiger partial charge on any atom is 0.501 e. The monoisotopic (exact) mass is 274 g/mol. The van der Waals surface area contributed by atoms with E-state index in [-0.39, 0.29) is 0 Å². The third-order valence-corrected chi connectivity index (χ3v) is 7.01. The van der Waals surface area contributed by atoms with Gasteiger partial charge in [0.05, 0.1) is 12.2 Å². The lowest BCUT2D eigenvalue weighted by Gasteiger charge is -2.32. The van der Waals surface area contributed by atoms with Gasteiger partial charge in [-0.05, 0) is 46.0 Å². The average Bonchev–Trinajstić information content (AvgIpc) is 3.08. The Balaban J connectivity index is 1.92. The molecule has 1 aliphatic carbocycles. The fourth-order valence-electron chi connectivity index (χ4n) is 2.99. The predicted molar refractivity (Wildman–Crippen MR) is 71.4 cm³/mol. The highest BCUT2D eigenvalue weighted by atomic mass is 28.4. The van der Waals surface area contributed by atoms with Crippen molar-refractivity contribution in [1.29, 1.82) is 0 Å². The number of rotatable bonds is 8. The van der Waals surface area contributed by atoms with Crippen LogP contribution in [0.15, 0.2) is 0 Å². The molecule has 5 heteroatoms. The summed E-state index contributed by atoms with van der Waals surface area (Å²) in [6, 6.07) is 0.953. The Morgan fingerprint density at radius 2 is 1.56 bits per heavy atom. The van der Waals surface area contributed by atoms with Crippen LogP contribution in [-0.4, -0.2) is 40.8 Å². The molecule has 1 aliphatic heterocycles. The third kappa shape index (κ3) is 3.54. The first-order valence-corrected chi connectivity index (χ1v) is 9.23. The SMILES string of the molecule is CCO[Si](CC1CCC2OC2C1)(OCC)OCC. The second-order valence-corrected chi connectivity index (χ2v) is 7.72. The molecule has 0 bridgehead atoms. The van der Waals surface area contributed by atoms with E-state index in [0.717, 1.165) is 12.5 Å². The summed E-state index contributed by atoms with van der Waals surface area (Å²) in [6.45, 7) is 8.05. The molecule has 3 unspecified atom stereocenters. The average molecular weight is 274 g/mol. The van der Waals surface area contributed by atoms with Gasteiger partial charge in [0.1, 0.15) is 0 Å². The summed E-state index contributed by atoms with van der Waals surface area (Å²) in [5.74, 6) is 0.644. The van der Waals surface area contributed by atoms with Gasteiger partial charge >= 0.3 is 8.80 Å².